The highest BCUT2D eigenvalue weighted by atomic mass is 32.2. The van der Waals surface area contributed by atoms with E-state index in [1.54, 1.807) is 61.5 Å². The molecule has 7 heteroatoms. The van der Waals surface area contributed by atoms with Gasteiger partial charge in [-0.1, -0.05) is 24.3 Å². The second kappa shape index (κ2) is 9.00. The van der Waals surface area contributed by atoms with Crippen LogP contribution in [0.25, 0.3) is 0 Å². The molecule has 0 heterocycles. The number of carbonyl (C=O) groups is 1. The first kappa shape index (κ1) is 21.4. The summed E-state index contributed by atoms with van der Waals surface area (Å²) in [7, 11) is -3.75. The van der Waals surface area contributed by atoms with Gasteiger partial charge in [-0.25, -0.2) is 8.42 Å². The Morgan fingerprint density at radius 3 is 2.23 bits per heavy atom. The van der Waals surface area contributed by atoms with Crippen LogP contribution in [0.5, 0.6) is 5.75 Å². The van der Waals surface area contributed by atoms with Crippen molar-refractivity contribution < 1.29 is 17.9 Å². The third-order valence-electron chi connectivity index (χ3n) is 4.28. The molecule has 0 unspecified atom stereocenters. The Kier molecular flexibility index (Phi) is 6.42. The highest BCUT2D eigenvalue weighted by molar-refractivity contribution is 7.92. The number of ether oxygens (including phenoxy) is 1. The molecular weight excluding hydrogens is 400 g/mol. The van der Waals surface area contributed by atoms with Gasteiger partial charge in [-0.2, -0.15) is 0 Å². The molecule has 3 rings (SSSR count). The molecule has 0 radical (unpaired) electrons. The standard InChI is InChI=1S/C23H24N2O4S/c1-16(2)29-20-13-11-19(12-14-20)24-23(26)18-10-9-17(3)22(15-18)25-30(27,28)21-7-5-4-6-8-21/h4-16,25H,1-3H3,(H,24,26). The lowest BCUT2D eigenvalue weighted by molar-refractivity contribution is 0.102. The third-order valence-corrected chi connectivity index (χ3v) is 5.66. The van der Waals surface area contributed by atoms with E-state index in [0.29, 0.717) is 22.5 Å². The molecule has 30 heavy (non-hydrogen) atoms. The number of nitrogens with one attached hydrogen (secondary N) is 2. The van der Waals surface area contributed by atoms with Crippen molar-refractivity contribution >= 4 is 27.3 Å². The largest absolute Gasteiger partial charge is 0.491 e. The lowest BCUT2D eigenvalue weighted by Gasteiger charge is -2.13. The second-order valence-electron chi connectivity index (χ2n) is 7.09. The molecule has 0 bridgehead atoms. The van der Waals surface area contributed by atoms with E-state index in [1.165, 1.54) is 18.2 Å². The van der Waals surface area contributed by atoms with Crippen LogP contribution in [0.2, 0.25) is 0 Å². The van der Waals surface area contributed by atoms with Gasteiger partial charge in [0.05, 0.1) is 16.7 Å². The second-order valence-corrected chi connectivity index (χ2v) is 8.78. The van der Waals surface area contributed by atoms with Crippen LogP contribution < -0.4 is 14.8 Å². The number of aryl methyl sites for hydroxylation is 1. The lowest BCUT2D eigenvalue weighted by atomic mass is 10.1. The molecular formula is C23H24N2O4S. The zero-order valence-corrected chi connectivity index (χ0v) is 17.9. The van der Waals surface area contributed by atoms with Crippen LogP contribution in [0.1, 0.15) is 29.8 Å². The summed E-state index contributed by atoms with van der Waals surface area (Å²) in [5, 5.41) is 2.81. The Labute approximate surface area is 177 Å². The van der Waals surface area contributed by atoms with Gasteiger partial charge in [0.1, 0.15) is 5.75 Å². The zero-order valence-electron chi connectivity index (χ0n) is 17.0. The van der Waals surface area contributed by atoms with Crippen LogP contribution >= 0.6 is 0 Å². The summed E-state index contributed by atoms with van der Waals surface area (Å²) in [6.45, 7) is 5.66. The summed E-state index contributed by atoms with van der Waals surface area (Å²) in [5.74, 6) is 0.378. The van der Waals surface area contributed by atoms with Gasteiger partial charge in [0.2, 0.25) is 0 Å². The Morgan fingerprint density at radius 1 is 0.933 bits per heavy atom. The van der Waals surface area contributed by atoms with Crippen molar-refractivity contribution in [3.8, 4) is 5.75 Å². The molecule has 0 aromatic heterocycles. The van der Waals surface area contributed by atoms with Crippen molar-refractivity contribution in [2.24, 2.45) is 0 Å². The summed E-state index contributed by atoms with van der Waals surface area (Å²) in [6.07, 6.45) is 0.0658. The van der Waals surface area contributed by atoms with Gasteiger partial charge in [-0.05, 0) is 74.9 Å². The Hall–Kier alpha value is -3.32. The number of benzene rings is 3. The predicted molar refractivity (Wildman–Crippen MR) is 119 cm³/mol. The molecule has 0 aliphatic rings. The highest BCUT2D eigenvalue weighted by Gasteiger charge is 2.16. The van der Waals surface area contributed by atoms with Crippen LogP contribution in [-0.4, -0.2) is 20.4 Å². The average Bonchev–Trinajstić information content (AvgIpc) is 2.71. The SMILES string of the molecule is Cc1ccc(C(=O)Nc2ccc(OC(C)C)cc2)cc1NS(=O)(=O)c1ccccc1. The molecule has 0 saturated carbocycles. The molecule has 0 spiro atoms. The Bertz CT molecular complexity index is 1130. The minimum atomic E-state index is -3.75. The number of sulfonamides is 1. The first-order chi connectivity index (χ1) is 14.2. The number of carbonyl (C=O) groups excluding carboxylic acids is 1. The van der Waals surface area contributed by atoms with Gasteiger partial charge in [0.25, 0.3) is 15.9 Å². The minimum absolute atomic E-state index is 0.0658. The van der Waals surface area contributed by atoms with E-state index in [0.717, 1.165) is 5.75 Å². The average molecular weight is 425 g/mol. The highest BCUT2D eigenvalue weighted by Crippen LogP contribution is 2.23. The van der Waals surface area contributed by atoms with Crippen molar-refractivity contribution in [3.05, 3.63) is 83.9 Å². The van der Waals surface area contributed by atoms with Crippen LogP contribution in [0, 0.1) is 6.92 Å². The smallest absolute Gasteiger partial charge is 0.261 e. The molecule has 3 aromatic rings. The van der Waals surface area contributed by atoms with Gasteiger partial charge >= 0.3 is 0 Å². The van der Waals surface area contributed by atoms with Crippen molar-refractivity contribution in [1.29, 1.82) is 0 Å². The Morgan fingerprint density at radius 2 is 1.60 bits per heavy atom. The van der Waals surface area contributed by atoms with Crippen LogP contribution in [-0.2, 0) is 10.0 Å². The fourth-order valence-electron chi connectivity index (χ4n) is 2.77. The molecule has 0 atom stereocenters. The van der Waals surface area contributed by atoms with Crippen LogP contribution in [0.3, 0.4) is 0 Å². The van der Waals surface area contributed by atoms with Crippen molar-refractivity contribution in [3.63, 3.8) is 0 Å². The van der Waals surface area contributed by atoms with Gasteiger partial charge in [-0.3, -0.25) is 9.52 Å². The lowest BCUT2D eigenvalue weighted by Crippen LogP contribution is -2.16. The van der Waals surface area contributed by atoms with Gasteiger partial charge < -0.3 is 10.1 Å². The van der Waals surface area contributed by atoms with Gasteiger partial charge in [-0.15, -0.1) is 0 Å². The van der Waals surface area contributed by atoms with E-state index < -0.39 is 10.0 Å². The van der Waals surface area contributed by atoms with Gasteiger partial charge in [0, 0.05) is 11.3 Å². The van der Waals surface area contributed by atoms with E-state index in [4.69, 9.17) is 4.74 Å². The molecule has 0 fully saturated rings. The summed E-state index contributed by atoms with van der Waals surface area (Å²) in [6, 6.07) is 20.0. The molecule has 2 N–H and O–H groups in total. The van der Waals surface area contributed by atoms with E-state index in [1.807, 2.05) is 13.8 Å². The number of hydrogen-bond donors (Lipinski definition) is 2. The summed E-state index contributed by atoms with van der Waals surface area (Å²) < 4.78 is 33.4. The number of rotatable bonds is 7. The fraction of sp³-hybridized carbons (Fsp3) is 0.174. The molecule has 0 aliphatic carbocycles. The minimum Gasteiger partial charge on any atom is -0.491 e. The van der Waals surface area contributed by atoms with Crippen molar-refractivity contribution in [2.75, 3.05) is 10.0 Å². The summed E-state index contributed by atoms with van der Waals surface area (Å²) in [4.78, 5) is 12.8. The van der Waals surface area contributed by atoms with Crippen molar-refractivity contribution in [1.82, 2.24) is 0 Å². The van der Waals surface area contributed by atoms with E-state index in [-0.39, 0.29) is 16.9 Å². The number of amides is 1. The first-order valence-corrected chi connectivity index (χ1v) is 11.0. The van der Waals surface area contributed by atoms with E-state index >= 15 is 0 Å². The van der Waals surface area contributed by atoms with E-state index in [2.05, 4.69) is 10.0 Å². The molecule has 0 saturated heterocycles. The third kappa shape index (κ3) is 5.39. The monoisotopic (exact) mass is 424 g/mol. The molecule has 156 valence electrons. The van der Waals surface area contributed by atoms with Crippen molar-refractivity contribution in [2.45, 2.75) is 31.8 Å². The predicted octanol–water partition coefficient (Wildman–Crippen LogP) is 4.84. The fourth-order valence-corrected chi connectivity index (χ4v) is 3.91. The van der Waals surface area contributed by atoms with Crippen LogP contribution in [0.15, 0.2) is 77.7 Å². The van der Waals surface area contributed by atoms with Crippen LogP contribution in [0.4, 0.5) is 11.4 Å². The van der Waals surface area contributed by atoms with E-state index in [9.17, 15) is 13.2 Å². The molecule has 0 aliphatic heterocycles. The topological polar surface area (TPSA) is 84.5 Å². The quantitative estimate of drug-likeness (QED) is 0.569. The first-order valence-electron chi connectivity index (χ1n) is 9.51. The molecule has 1 amide bonds. The number of anilines is 2. The Balaban J connectivity index is 1.76. The normalized spacial score (nSPS) is 11.2. The summed E-state index contributed by atoms with van der Waals surface area (Å²) >= 11 is 0. The maximum atomic E-state index is 12.7. The maximum Gasteiger partial charge on any atom is 0.261 e. The zero-order chi connectivity index (χ0) is 21.7. The van der Waals surface area contributed by atoms with Gasteiger partial charge in [0.15, 0.2) is 0 Å². The maximum absolute atomic E-state index is 12.7. The summed E-state index contributed by atoms with van der Waals surface area (Å²) in [5.41, 5.74) is 2.02. The number of hydrogen-bond acceptors (Lipinski definition) is 4. The molecule has 6 nitrogen and oxygen atoms in total. The molecule has 3 aromatic carbocycles.